The van der Waals surface area contributed by atoms with Gasteiger partial charge in [-0.1, -0.05) is 6.07 Å². The Balaban J connectivity index is 1.35. The van der Waals surface area contributed by atoms with E-state index in [1.807, 2.05) is 0 Å². The van der Waals surface area contributed by atoms with Gasteiger partial charge in [-0.05, 0) is 55.3 Å². The number of nitrogens with one attached hydrogen (secondary N) is 5. The molecule has 2 heterocycles. The van der Waals surface area contributed by atoms with Crippen LogP contribution in [0.25, 0.3) is 11.4 Å². The van der Waals surface area contributed by atoms with Gasteiger partial charge in [-0.3, -0.25) is 9.78 Å². The molecule has 4 amide bonds. The zero-order chi connectivity index (χ0) is 29.4. The number of aromatic nitrogens is 2. The summed E-state index contributed by atoms with van der Waals surface area (Å²) < 4.78 is 34.4. The maximum atomic E-state index is 14.7. The first-order valence-electron chi connectivity index (χ1n) is 12.4. The van der Waals surface area contributed by atoms with Crippen molar-refractivity contribution >= 4 is 29.4 Å². The van der Waals surface area contributed by atoms with Crippen molar-refractivity contribution in [3.05, 3.63) is 89.8 Å². The van der Waals surface area contributed by atoms with E-state index >= 15 is 0 Å². The number of nitrogens with zero attached hydrogens (tertiary/aromatic N) is 1. The Bertz CT molecular complexity index is 1580. The zero-order valence-electron chi connectivity index (χ0n) is 21.8. The summed E-state index contributed by atoms with van der Waals surface area (Å²) in [5, 5.41) is 18.2. The molecular weight excluding hydrogens is 538 g/mol. The van der Waals surface area contributed by atoms with Gasteiger partial charge in [0.1, 0.15) is 23.1 Å². The number of anilines is 2. The Kier molecular flexibility index (Phi) is 9.09. The Morgan fingerprint density at radius 2 is 1.66 bits per heavy atom. The molecule has 6 N–H and O–H groups in total. The van der Waals surface area contributed by atoms with Gasteiger partial charge in [0.25, 0.3) is 5.91 Å². The molecule has 0 aliphatic rings. The molecule has 2 aromatic heterocycles. The summed E-state index contributed by atoms with van der Waals surface area (Å²) in [5.74, 6) is -1.23. The quantitative estimate of drug-likeness (QED) is 0.140. The van der Waals surface area contributed by atoms with Crippen LogP contribution in [0.15, 0.2) is 67.0 Å². The van der Waals surface area contributed by atoms with Crippen molar-refractivity contribution in [3.63, 3.8) is 0 Å². The smallest absolute Gasteiger partial charge is 0.404 e. The maximum Gasteiger partial charge on any atom is 0.404 e. The average Bonchev–Trinajstić information content (AvgIpc) is 3.43. The SMILES string of the molecule is Cc1ccc(F)c(NC(=O)Nc2ccc(Oc3ccnc(-c4cc(C(=O)NCCCNC(=O)O)c[nH]4)c3)cc2F)c1. The third-order valence-electron chi connectivity index (χ3n) is 5.66. The number of aryl methyl sites for hydroxylation is 1. The molecule has 0 aliphatic carbocycles. The third-order valence-corrected chi connectivity index (χ3v) is 5.66. The molecule has 0 saturated heterocycles. The van der Waals surface area contributed by atoms with E-state index in [2.05, 4.69) is 31.2 Å². The number of H-pyrrole nitrogens is 1. The van der Waals surface area contributed by atoms with Crippen LogP contribution in [-0.4, -0.2) is 46.2 Å². The van der Waals surface area contributed by atoms with E-state index in [1.54, 1.807) is 31.2 Å². The van der Waals surface area contributed by atoms with Crippen LogP contribution in [0.3, 0.4) is 0 Å². The van der Waals surface area contributed by atoms with Crippen molar-refractivity contribution in [1.29, 1.82) is 0 Å². The topological polar surface area (TPSA) is 157 Å². The summed E-state index contributed by atoms with van der Waals surface area (Å²) in [6.45, 7) is 2.26. The van der Waals surface area contributed by atoms with Crippen LogP contribution >= 0.6 is 0 Å². The van der Waals surface area contributed by atoms with Gasteiger partial charge in [-0.15, -0.1) is 0 Å². The van der Waals surface area contributed by atoms with E-state index in [1.165, 1.54) is 36.7 Å². The lowest BCUT2D eigenvalue weighted by Gasteiger charge is -2.11. The van der Waals surface area contributed by atoms with E-state index in [4.69, 9.17) is 9.84 Å². The Labute approximate surface area is 233 Å². The van der Waals surface area contributed by atoms with Gasteiger partial charge in [0.05, 0.1) is 28.3 Å². The molecule has 0 spiro atoms. The van der Waals surface area contributed by atoms with Gasteiger partial charge in [0.2, 0.25) is 0 Å². The molecule has 0 radical (unpaired) electrons. The molecule has 0 bridgehead atoms. The minimum Gasteiger partial charge on any atom is -0.465 e. The minimum absolute atomic E-state index is 0.0308. The predicted molar refractivity (Wildman–Crippen MR) is 147 cm³/mol. The lowest BCUT2D eigenvalue weighted by molar-refractivity contribution is 0.0953. The number of aromatic amines is 1. The van der Waals surface area contributed by atoms with E-state index in [0.717, 1.165) is 11.6 Å². The molecule has 4 rings (SSSR count). The van der Waals surface area contributed by atoms with Gasteiger partial charge in [-0.25, -0.2) is 18.4 Å². The van der Waals surface area contributed by atoms with Gasteiger partial charge < -0.3 is 36.1 Å². The second kappa shape index (κ2) is 13.1. The standard InChI is InChI=1S/C28H26F2N6O5/c1-16-3-5-20(29)23(11-16)36-27(38)35-22-6-4-18(13-21(22)30)41-19-7-10-31-25(14-19)24-12-17(15-34-24)26(37)32-8-2-9-33-28(39)40/h3-7,10-15,33-34H,2,8-9H2,1H3,(H,32,37)(H,39,40)(H2,35,36,38). The minimum atomic E-state index is -1.12. The molecule has 13 heteroatoms. The number of hydrogen-bond donors (Lipinski definition) is 6. The number of carbonyl (C=O) groups is 3. The number of pyridine rings is 1. The molecule has 0 atom stereocenters. The predicted octanol–water partition coefficient (Wildman–Crippen LogP) is 5.49. The molecular formula is C28H26F2N6O5. The summed E-state index contributed by atoms with van der Waals surface area (Å²) >= 11 is 0. The largest absolute Gasteiger partial charge is 0.465 e. The number of carboxylic acid groups (broad SMARTS) is 1. The highest BCUT2D eigenvalue weighted by atomic mass is 19.1. The van der Waals surface area contributed by atoms with E-state index in [0.29, 0.717) is 35.7 Å². The van der Waals surface area contributed by atoms with Gasteiger partial charge in [-0.2, -0.15) is 0 Å². The fourth-order valence-electron chi connectivity index (χ4n) is 3.69. The monoisotopic (exact) mass is 564 g/mol. The molecule has 0 saturated carbocycles. The number of amides is 4. The highest BCUT2D eigenvalue weighted by Crippen LogP contribution is 2.28. The van der Waals surface area contributed by atoms with E-state index in [9.17, 15) is 23.2 Å². The average molecular weight is 565 g/mol. The molecule has 4 aromatic rings. The second-order valence-electron chi connectivity index (χ2n) is 8.83. The lowest BCUT2D eigenvalue weighted by Crippen LogP contribution is -2.28. The van der Waals surface area contributed by atoms with Crippen LogP contribution in [0.2, 0.25) is 0 Å². The highest BCUT2D eigenvalue weighted by molar-refractivity contribution is 6.00. The van der Waals surface area contributed by atoms with Crippen LogP contribution in [0.5, 0.6) is 11.5 Å². The van der Waals surface area contributed by atoms with Gasteiger partial charge in [0.15, 0.2) is 0 Å². The molecule has 0 aliphatic heterocycles. The van der Waals surface area contributed by atoms with Crippen molar-refractivity contribution in [3.8, 4) is 22.9 Å². The number of hydrogen-bond acceptors (Lipinski definition) is 5. The molecule has 11 nitrogen and oxygen atoms in total. The Morgan fingerprint density at radius 3 is 2.44 bits per heavy atom. The normalized spacial score (nSPS) is 10.5. The number of benzene rings is 2. The number of urea groups is 1. The fraction of sp³-hybridized carbons (Fsp3) is 0.143. The summed E-state index contributed by atoms with van der Waals surface area (Å²) in [6.07, 6.45) is 2.32. The Hall–Kier alpha value is -5.46. The van der Waals surface area contributed by atoms with Crippen molar-refractivity contribution < 1.29 is 33.0 Å². The van der Waals surface area contributed by atoms with Gasteiger partial charge >= 0.3 is 12.1 Å². The first-order valence-corrected chi connectivity index (χ1v) is 12.4. The fourth-order valence-corrected chi connectivity index (χ4v) is 3.69. The number of carbonyl (C=O) groups excluding carboxylic acids is 2. The molecule has 0 unspecified atom stereocenters. The van der Waals surface area contributed by atoms with Crippen molar-refractivity contribution in [2.45, 2.75) is 13.3 Å². The van der Waals surface area contributed by atoms with Crippen molar-refractivity contribution in [2.24, 2.45) is 0 Å². The zero-order valence-corrected chi connectivity index (χ0v) is 21.8. The summed E-state index contributed by atoms with van der Waals surface area (Å²) in [5.41, 5.74) is 1.94. The van der Waals surface area contributed by atoms with Crippen LogP contribution in [0.1, 0.15) is 22.3 Å². The van der Waals surface area contributed by atoms with Crippen LogP contribution in [0, 0.1) is 18.6 Å². The highest BCUT2D eigenvalue weighted by Gasteiger charge is 2.13. The van der Waals surface area contributed by atoms with Crippen LogP contribution < -0.4 is 26.0 Å². The number of ether oxygens (including phenoxy) is 1. The molecule has 2 aromatic carbocycles. The molecule has 41 heavy (non-hydrogen) atoms. The number of rotatable bonds is 10. The van der Waals surface area contributed by atoms with Crippen molar-refractivity contribution in [1.82, 2.24) is 20.6 Å². The van der Waals surface area contributed by atoms with Gasteiger partial charge in [0, 0.05) is 37.6 Å². The molecule has 0 fully saturated rings. The van der Waals surface area contributed by atoms with Crippen LogP contribution in [-0.2, 0) is 0 Å². The Morgan fingerprint density at radius 1 is 0.902 bits per heavy atom. The van der Waals surface area contributed by atoms with Crippen LogP contribution in [0.4, 0.5) is 29.7 Å². The first-order chi connectivity index (χ1) is 19.7. The molecule has 212 valence electrons. The lowest BCUT2D eigenvalue weighted by atomic mass is 10.2. The summed E-state index contributed by atoms with van der Waals surface area (Å²) in [7, 11) is 0. The second-order valence-corrected chi connectivity index (χ2v) is 8.83. The summed E-state index contributed by atoms with van der Waals surface area (Å²) in [6, 6.07) is 12.1. The van der Waals surface area contributed by atoms with E-state index in [-0.39, 0.29) is 29.6 Å². The first kappa shape index (κ1) is 28.5. The number of halogens is 2. The third kappa shape index (κ3) is 8.02. The summed E-state index contributed by atoms with van der Waals surface area (Å²) in [4.78, 5) is 42.3. The van der Waals surface area contributed by atoms with Crippen molar-refractivity contribution in [2.75, 3.05) is 23.7 Å². The maximum absolute atomic E-state index is 14.7. The van der Waals surface area contributed by atoms with E-state index < -0.39 is 23.8 Å².